The van der Waals surface area contributed by atoms with Gasteiger partial charge in [0, 0.05) is 26.3 Å². The molecule has 0 atom stereocenters. The number of allylic oxidation sites excluding steroid dienone is 2. The van der Waals surface area contributed by atoms with Gasteiger partial charge in [-0.25, -0.2) is 10.8 Å². The van der Waals surface area contributed by atoms with E-state index in [2.05, 4.69) is 36.4 Å². The molecular formula is C29H49N5O2. The molecule has 5 N–H and O–H groups in total. The fraction of sp³-hybridized carbons (Fsp3) is 0.552. The van der Waals surface area contributed by atoms with Gasteiger partial charge in [-0.3, -0.25) is 0 Å². The van der Waals surface area contributed by atoms with Crippen LogP contribution >= 0.6 is 0 Å². The average Bonchev–Trinajstić information content (AvgIpc) is 2.80. The summed E-state index contributed by atoms with van der Waals surface area (Å²) in [6, 6.07) is 4.08. The smallest absolute Gasteiger partial charge is 0.142 e. The van der Waals surface area contributed by atoms with Crippen LogP contribution in [0.4, 0.5) is 5.69 Å². The van der Waals surface area contributed by atoms with Crippen molar-refractivity contribution in [1.29, 1.82) is 0 Å². The molecule has 0 heterocycles. The Morgan fingerprint density at radius 3 is 2.42 bits per heavy atom. The maximum atomic E-state index is 10.3. The van der Waals surface area contributed by atoms with E-state index in [0.29, 0.717) is 17.1 Å². The number of nitrogens with two attached hydrogens (primary N) is 2. The third kappa shape index (κ3) is 10.1. The van der Waals surface area contributed by atoms with Gasteiger partial charge in [0.05, 0.1) is 18.5 Å². The van der Waals surface area contributed by atoms with E-state index in [0.717, 1.165) is 63.0 Å². The van der Waals surface area contributed by atoms with Gasteiger partial charge >= 0.3 is 0 Å². The van der Waals surface area contributed by atoms with Crippen molar-refractivity contribution in [1.82, 2.24) is 9.91 Å². The van der Waals surface area contributed by atoms with Crippen molar-refractivity contribution in [2.24, 2.45) is 10.8 Å². The number of aliphatic hydroxyl groups is 1. The molecule has 0 aromatic heterocycles. The molecule has 0 aliphatic carbocycles. The van der Waals surface area contributed by atoms with E-state index in [1.54, 1.807) is 26.0 Å². The molecule has 0 fully saturated rings. The molecule has 0 amide bonds. The summed E-state index contributed by atoms with van der Waals surface area (Å²) in [6.45, 7) is 15.4. The summed E-state index contributed by atoms with van der Waals surface area (Å²) >= 11 is 0. The number of nitrogen functional groups attached to an aromatic ring is 1. The lowest BCUT2D eigenvalue weighted by Crippen LogP contribution is -2.33. The van der Waals surface area contributed by atoms with Gasteiger partial charge in [0.25, 0.3) is 0 Å². The van der Waals surface area contributed by atoms with Crippen LogP contribution in [0, 0.1) is 0 Å². The molecule has 1 aromatic carbocycles. The lowest BCUT2D eigenvalue weighted by atomic mass is 9.93. The lowest BCUT2D eigenvalue weighted by molar-refractivity contribution is 0.119. The minimum Gasteiger partial charge on any atom is -0.495 e. The zero-order chi connectivity index (χ0) is 27.3. The Bertz CT molecular complexity index is 926. The largest absolute Gasteiger partial charge is 0.495 e. The molecule has 0 aliphatic heterocycles. The normalized spacial score (nSPS) is 12.8. The number of hydrazine groups is 1. The Hall–Kier alpha value is -2.77. The Morgan fingerprint density at radius 1 is 1.19 bits per heavy atom. The molecule has 0 radical (unpaired) electrons. The number of nitrogens with zero attached hydrogens (tertiary/aromatic N) is 3. The first kappa shape index (κ1) is 31.3. The van der Waals surface area contributed by atoms with Gasteiger partial charge in [-0.2, -0.15) is 0 Å². The van der Waals surface area contributed by atoms with Gasteiger partial charge < -0.3 is 25.5 Å². The van der Waals surface area contributed by atoms with E-state index in [-0.39, 0.29) is 0 Å². The highest BCUT2D eigenvalue weighted by Gasteiger charge is 2.19. The van der Waals surface area contributed by atoms with Gasteiger partial charge in [-0.05, 0) is 87.8 Å². The van der Waals surface area contributed by atoms with Crippen LogP contribution < -0.4 is 16.3 Å². The van der Waals surface area contributed by atoms with Gasteiger partial charge in [0.2, 0.25) is 0 Å². The standard InChI is InChI=1S/C29H49N5O2/c1-9-14-24(21-33(7)31)25-20-26(30)27(36-8)19-23(25)16-12-13-18-34(17-11-3)28(15-10-2)32-22(4)29(5,6)35/h10,15,19-21,35H,4,9,11-14,16-18,30-31H2,1-3,5-8H3/b15-10-,24-21+,32-28+. The van der Waals surface area contributed by atoms with Gasteiger partial charge in [-0.15, -0.1) is 0 Å². The SMILES string of the molecule is C=C(/N=C(\C=C/C)N(CCC)CCCCc1cc(OC)c(N)cc1/C(=C/N(C)N)CCC)C(C)(C)O. The molecule has 0 saturated heterocycles. The van der Waals surface area contributed by atoms with Crippen LogP contribution in [-0.4, -0.2) is 53.7 Å². The van der Waals surface area contributed by atoms with Crippen LogP contribution in [0.2, 0.25) is 0 Å². The molecule has 0 unspecified atom stereocenters. The summed E-state index contributed by atoms with van der Waals surface area (Å²) < 4.78 is 5.52. The summed E-state index contributed by atoms with van der Waals surface area (Å²) in [5, 5.41) is 11.9. The van der Waals surface area contributed by atoms with E-state index in [1.165, 1.54) is 11.1 Å². The van der Waals surface area contributed by atoms with Crippen molar-refractivity contribution in [2.75, 3.05) is 33.0 Å². The Kier molecular flexibility index (Phi) is 13.3. The number of unbranched alkanes of at least 4 members (excludes halogenated alkanes) is 1. The lowest BCUT2D eigenvalue weighted by Gasteiger charge is -2.26. The summed E-state index contributed by atoms with van der Waals surface area (Å²) in [5.41, 5.74) is 9.82. The van der Waals surface area contributed by atoms with Crippen LogP contribution in [0.1, 0.15) is 77.8 Å². The van der Waals surface area contributed by atoms with Crippen LogP contribution in [0.3, 0.4) is 0 Å². The van der Waals surface area contributed by atoms with Crippen molar-refractivity contribution >= 4 is 17.1 Å². The first-order valence-electron chi connectivity index (χ1n) is 13.0. The number of methoxy groups -OCH3 is 1. The highest BCUT2D eigenvalue weighted by atomic mass is 16.5. The number of anilines is 1. The second-order valence-corrected chi connectivity index (χ2v) is 9.74. The molecule has 0 saturated carbocycles. The van der Waals surface area contributed by atoms with Gasteiger partial charge in [-0.1, -0.05) is 32.9 Å². The molecule has 7 nitrogen and oxygen atoms in total. The zero-order valence-corrected chi connectivity index (χ0v) is 23.6. The van der Waals surface area contributed by atoms with Crippen molar-refractivity contribution < 1.29 is 9.84 Å². The average molecular weight is 500 g/mol. The molecule has 1 aromatic rings. The topological polar surface area (TPSA) is 100 Å². The number of rotatable bonds is 15. The van der Waals surface area contributed by atoms with Crippen LogP contribution in [-0.2, 0) is 6.42 Å². The maximum Gasteiger partial charge on any atom is 0.142 e. The van der Waals surface area contributed by atoms with E-state index in [9.17, 15) is 5.11 Å². The summed E-state index contributed by atoms with van der Waals surface area (Å²) in [5.74, 6) is 7.49. The van der Waals surface area contributed by atoms with E-state index in [4.69, 9.17) is 16.3 Å². The third-order valence-electron chi connectivity index (χ3n) is 5.89. The summed E-state index contributed by atoms with van der Waals surface area (Å²) in [7, 11) is 3.48. The Morgan fingerprint density at radius 2 is 1.89 bits per heavy atom. The van der Waals surface area contributed by atoms with Crippen LogP contribution in [0.15, 0.2) is 47.8 Å². The number of benzene rings is 1. The third-order valence-corrected chi connectivity index (χ3v) is 5.89. The molecular weight excluding hydrogens is 450 g/mol. The molecule has 0 aliphatic rings. The maximum absolute atomic E-state index is 10.3. The summed E-state index contributed by atoms with van der Waals surface area (Å²) in [6.07, 6.45) is 11.7. The van der Waals surface area contributed by atoms with Gasteiger partial charge in [0.1, 0.15) is 17.2 Å². The van der Waals surface area contributed by atoms with Gasteiger partial charge in [0.15, 0.2) is 0 Å². The highest BCUT2D eigenvalue weighted by molar-refractivity contribution is 5.93. The first-order chi connectivity index (χ1) is 17.0. The minimum absolute atomic E-state index is 0.454. The minimum atomic E-state index is -1.06. The van der Waals surface area contributed by atoms with Crippen molar-refractivity contribution in [3.8, 4) is 5.75 Å². The quantitative estimate of drug-likeness (QED) is 0.0734. The molecule has 202 valence electrons. The molecule has 7 heteroatoms. The highest BCUT2D eigenvalue weighted by Crippen LogP contribution is 2.33. The summed E-state index contributed by atoms with van der Waals surface area (Å²) in [4.78, 5) is 6.94. The van der Waals surface area contributed by atoms with E-state index in [1.807, 2.05) is 38.4 Å². The number of aryl methyl sites for hydroxylation is 1. The molecule has 1 rings (SSSR count). The zero-order valence-electron chi connectivity index (χ0n) is 23.6. The van der Waals surface area contributed by atoms with Crippen LogP contribution in [0.5, 0.6) is 5.75 Å². The fourth-order valence-corrected chi connectivity index (χ4v) is 3.97. The van der Waals surface area contributed by atoms with Crippen molar-refractivity contribution in [3.05, 3.63) is 53.9 Å². The second-order valence-electron chi connectivity index (χ2n) is 9.74. The fourth-order valence-electron chi connectivity index (χ4n) is 3.97. The Balaban J connectivity index is 3.13. The number of ether oxygens (including phenoxy) is 1. The molecule has 0 bridgehead atoms. The molecule has 36 heavy (non-hydrogen) atoms. The number of hydrogen-bond donors (Lipinski definition) is 3. The van der Waals surface area contributed by atoms with E-state index < -0.39 is 5.60 Å². The Labute approximate surface area is 219 Å². The molecule has 0 spiro atoms. The number of amidine groups is 1. The van der Waals surface area contributed by atoms with Crippen LogP contribution in [0.25, 0.3) is 5.57 Å². The van der Waals surface area contributed by atoms with Crippen molar-refractivity contribution in [2.45, 2.75) is 78.7 Å². The van der Waals surface area contributed by atoms with E-state index >= 15 is 0 Å². The second kappa shape index (κ2) is 15.4. The predicted octanol–water partition coefficient (Wildman–Crippen LogP) is 5.52. The number of aliphatic imine (C=N–C) groups is 1. The predicted molar refractivity (Wildman–Crippen MR) is 155 cm³/mol. The first-order valence-corrected chi connectivity index (χ1v) is 13.0. The monoisotopic (exact) mass is 499 g/mol. The number of hydrogen-bond acceptors (Lipinski definition) is 6. The van der Waals surface area contributed by atoms with Crippen molar-refractivity contribution in [3.63, 3.8) is 0 Å².